The maximum Gasteiger partial charge on any atom is 0.182 e. The molecule has 1 aliphatic heterocycles. The van der Waals surface area contributed by atoms with E-state index in [1.807, 2.05) is 7.05 Å². The quantitative estimate of drug-likeness (QED) is 0.787. The lowest BCUT2D eigenvalue weighted by Gasteiger charge is -2.36. The Hall–Kier alpha value is -1.01. The second-order valence-corrected chi connectivity index (χ2v) is 7.13. The third kappa shape index (κ3) is 6.03. The average molecular weight is 403 g/mol. The molecule has 0 amide bonds. The highest BCUT2D eigenvalue weighted by molar-refractivity contribution is 7.15. The van der Waals surface area contributed by atoms with Crippen molar-refractivity contribution in [1.82, 2.24) is 9.88 Å². The highest BCUT2D eigenvalue weighted by Crippen LogP contribution is 2.23. The molecule has 0 spiro atoms. The van der Waals surface area contributed by atoms with E-state index in [0.29, 0.717) is 0 Å². The maximum atomic E-state index is 4.53. The van der Waals surface area contributed by atoms with Gasteiger partial charge in [0.05, 0.1) is 5.69 Å². The number of hydrogen-bond donors (Lipinski definition) is 1. The summed E-state index contributed by atoms with van der Waals surface area (Å²) in [7, 11) is 1.94. The minimum Gasteiger partial charge on any atom is -0.369 e. The van der Waals surface area contributed by atoms with Crippen LogP contribution in [0.15, 0.2) is 30.3 Å². The van der Waals surface area contributed by atoms with Gasteiger partial charge in [-0.3, -0.25) is 4.90 Å². The lowest BCUT2D eigenvalue weighted by atomic mass is 10.2. The van der Waals surface area contributed by atoms with Crippen molar-refractivity contribution in [3.05, 3.63) is 40.9 Å². The van der Waals surface area contributed by atoms with Gasteiger partial charge in [0, 0.05) is 43.8 Å². The monoisotopic (exact) mass is 402 g/mol. The molecule has 0 aliphatic carbocycles. The summed E-state index contributed by atoms with van der Waals surface area (Å²) in [6, 6.07) is 10.8. The molecule has 2 heterocycles. The number of piperazine rings is 1. The van der Waals surface area contributed by atoms with E-state index in [1.165, 1.54) is 42.3 Å². The number of aryl methyl sites for hydroxylation is 2. The normalized spacial score (nSPS) is 14.6. The van der Waals surface area contributed by atoms with Crippen LogP contribution < -0.4 is 10.2 Å². The summed E-state index contributed by atoms with van der Waals surface area (Å²) < 4.78 is 0. The van der Waals surface area contributed by atoms with Gasteiger partial charge in [0.15, 0.2) is 5.13 Å². The Morgan fingerprint density at radius 1 is 1.08 bits per heavy atom. The molecule has 1 saturated heterocycles. The molecule has 0 radical (unpaired) electrons. The predicted molar refractivity (Wildman–Crippen MR) is 114 cm³/mol. The second kappa shape index (κ2) is 10.9. The average Bonchev–Trinajstić information content (AvgIpc) is 2.96. The first-order valence-electron chi connectivity index (χ1n) is 8.42. The number of anilines is 2. The molecule has 1 aromatic carbocycles. The molecule has 1 N–H and O–H groups in total. The van der Waals surface area contributed by atoms with Gasteiger partial charge in [-0.25, -0.2) is 4.98 Å². The van der Waals surface area contributed by atoms with E-state index in [0.717, 1.165) is 24.6 Å². The summed E-state index contributed by atoms with van der Waals surface area (Å²) in [6.07, 6.45) is 2.36. The molecule has 140 valence electrons. The van der Waals surface area contributed by atoms with Gasteiger partial charge < -0.3 is 10.2 Å². The van der Waals surface area contributed by atoms with Crippen molar-refractivity contribution in [1.29, 1.82) is 0 Å². The Morgan fingerprint density at radius 3 is 2.36 bits per heavy atom. The third-order valence-corrected chi connectivity index (χ3v) is 5.71. The zero-order valence-corrected chi connectivity index (χ0v) is 17.4. The van der Waals surface area contributed by atoms with Crippen LogP contribution in [0.4, 0.5) is 10.8 Å². The fraction of sp³-hybridized carbons (Fsp3) is 0.500. The summed E-state index contributed by atoms with van der Waals surface area (Å²) in [4.78, 5) is 11.0. The summed E-state index contributed by atoms with van der Waals surface area (Å²) in [5.74, 6) is 0. The van der Waals surface area contributed by atoms with E-state index in [9.17, 15) is 0 Å². The molecular formula is C18H28Cl2N4S. The van der Waals surface area contributed by atoms with Crippen molar-refractivity contribution in [2.75, 3.05) is 50.0 Å². The fourth-order valence-electron chi connectivity index (χ4n) is 3.10. The second-order valence-electron chi connectivity index (χ2n) is 6.05. The highest BCUT2D eigenvalue weighted by Gasteiger charge is 2.16. The van der Waals surface area contributed by atoms with Crippen LogP contribution in [0.2, 0.25) is 0 Å². The molecule has 3 rings (SSSR count). The van der Waals surface area contributed by atoms with Gasteiger partial charge in [-0.15, -0.1) is 36.2 Å². The molecule has 1 aromatic heterocycles. The van der Waals surface area contributed by atoms with Gasteiger partial charge in [0.1, 0.15) is 0 Å². The Balaban J connectivity index is 0.00000156. The standard InChI is InChI=1S/C18H26N4S.2ClH/c1-15-17(23-18(19-2)20-15)9-6-10-21-11-13-22(14-12-21)16-7-4-3-5-8-16;;/h3-5,7-8H,6,9-14H2,1-2H3,(H,19,20);2*1H. The van der Waals surface area contributed by atoms with Gasteiger partial charge in [-0.2, -0.15) is 0 Å². The number of nitrogens with zero attached hydrogens (tertiary/aromatic N) is 3. The van der Waals surface area contributed by atoms with E-state index >= 15 is 0 Å². The molecule has 0 unspecified atom stereocenters. The van der Waals surface area contributed by atoms with Crippen LogP contribution in [0.25, 0.3) is 0 Å². The number of rotatable bonds is 6. The molecule has 0 saturated carbocycles. The van der Waals surface area contributed by atoms with Gasteiger partial charge in [0.2, 0.25) is 0 Å². The first-order chi connectivity index (χ1) is 11.3. The minimum absolute atomic E-state index is 0. The van der Waals surface area contributed by atoms with Gasteiger partial charge >= 0.3 is 0 Å². The molecular weight excluding hydrogens is 375 g/mol. The highest BCUT2D eigenvalue weighted by atomic mass is 35.5. The number of nitrogens with one attached hydrogen (secondary N) is 1. The Bertz CT molecular complexity index is 613. The van der Waals surface area contributed by atoms with E-state index < -0.39 is 0 Å². The molecule has 0 bridgehead atoms. The first kappa shape index (κ1) is 22.0. The Kier molecular flexibility index (Phi) is 9.57. The number of benzene rings is 1. The lowest BCUT2D eigenvalue weighted by molar-refractivity contribution is 0.255. The SMILES string of the molecule is CNc1nc(C)c(CCCN2CCN(c3ccccc3)CC2)s1.Cl.Cl. The number of aromatic nitrogens is 1. The molecule has 4 nitrogen and oxygen atoms in total. The van der Waals surface area contributed by atoms with Crippen LogP contribution in [0.3, 0.4) is 0 Å². The van der Waals surface area contributed by atoms with Crippen LogP contribution in [-0.4, -0.2) is 49.7 Å². The van der Waals surface area contributed by atoms with Crippen LogP contribution >= 0.6 is 36.2 Å². The van der Waals surface area contributed by atoms with E-state index in [2.05, 4.69) is 57.4 Å². The number of halogens is 2. The van der Waals surface area contributed by atoms with Crippen molar-refractivity contribution < 1.29 is 0 Å². The summed E-state index contributed by atoms with van der Waals surface area (Å²) in [6.45, 7) is 7.90. The Labute approximate surface area is 167 Å². The van der Waals surface area contributed by atoms with E-state index in [1.54, 1.807) is 11.3 Å². The largest absolute Gasteiger partial charge is 0.369 e. The summed E-state index contributed by atoms with van der Waals surface area (Å²) in [5, 5.41) is 4.18. The maximum absolute atomic E-state index is 4.53. The minimum atomic E-state index is 0. The molecule has 25 heavy (non-hydrogen) atoms. The zero-order chi connectivity index (χ0) is 16.1. The van der Waals surface area contributed by atoms with Crippen molar-refractivity contribution in [3.8, 4) is 0 Å². The van der Waals surface area contributed by atoms with Gasteiger partial charge in [0.25, 0.3) is 0 Å². The number of thiazole rings is 1. The molecule has 1 aliphatic rings. The summed E-state index contributed by atoms with van der Waals surface area (Å²) in [5.41, 5.74) is 2.54. The van der Waals surface area contributed by atoms with Crippen LogP contribution in [0.5, 0.6) is 0 Å². The van der Waals surface area contributed by atoms with Crippen molar-refractivity contribution in [2.24, 2.45) is 0 Å². The number of para-hydroxylation sites is 1. The first-order valence-corrected chi connectivity index (χ1v) is 9.24. The van der Waals surface area contributed by atoms with Crippen molar-refractivity contribution >= 4 is 47.0 Å². The fourth-order valence-corrected chi connectivity index (χ4v) is 4.06. The van der Waals surface area contributed by atoms with Crippen LogP contribution in [-0.2, 0) is 6.42 Å². The van der Waals surface area contributed by atoms with Gasteiger partial charge in [-0.1, -0.05) is 18.2 Å². The zero-order valence-electron chi connectivity index (χ0n) is 14.9. The predicted octanol–water partition coefficient (Wildman–Crippen LogP) is 4.09. The topological polar surface area (TPSA) is 31.4 Å². The molecule has 1 fully saturated rings. The third-order valence-electron chi connectivity index (χ3n) is 4.48. The number of hydrogen-bond acceptors (Lipinski definition) is 5. The summed E-state index contributed by atoms with van der Waals surface area (Å²) >= 11 is 1.79. The molecule has 0 atom stereocenters. The smallest absolute Gasteiger partial charge is 0.182 e. The Morgan fingerprint density at radius 2 is 1.76 bits per heavy atom. The van der Waals surface area contributed by atoms with Crippen molar-refractivity contribution in [3.63, 3.8) is 0 Å². The van der Waals surface area contributed by atoms with Gasteiger partial charge in [-0.05, 0) is 38.4 Å². The van der Waals surface area contributed by atoms with Crippen molar-refractivity contribution in [2.45, 2.75) is 19.8 Å². The van der Waals surface area contributed by atoms with E-state index in [-0.39, 0.29) is 24.8 Å². The molecule has 7 heteroatoms. The molecule has 2 aromatic rings. The lowest BCUT2D eigenvalue weighted by Crippen LogP contribution is -2.46. The van der Waals surface area contributed by atoms with E-state index in [4.69, 9.17) is 0 Å². The van der Waals surface area contributed by atoms with Crippen LogP contribution in [0.1, 0.15) is 17.0 Å². The van der Waals surface area contributed by atoms with Crippen LogP contribution in [0, 0.1) is 6.92 Å².